The Morgan fingerprint density at radius 1 is 1.14 bits per heavy atom. The SMILES string of the molecule is CN.Cc1nc(-c2ccc(C(F)(F)F)cc2)sc1COc1ccc(C#N)c(F)c1. The van der Waals surface area contributed by atoms with E-state index in [0.717, 1.165) is 23.1 Å². The van der Waals surface area contributed by atoms with Crippen LogP contribution in [0.4, 0.5) is 17.6 Å². The van der Waals surface area contributed by atoms with Crippen LogP contribution in [0.15, 0.2) is 42.5 Å². The van der Waals surface area contributed by atoms with Crippen LogP contribution < -0.4 is 10.5 Å². The summed E-state index contributed by atoms with van der Waals surface area (Å²) in [4.78, 5) is 5.14. The van der Waals surface area contributed by atoms with Gasteiger partial charge in [0, 0.05) is 11.6 Å². The van der Waals surface area contributed by atoms with Gasteiger partial charge in [0.1, 0.15) is 29.3 Å². The molecule has 0 fully saturated rings. The number of nitriles is 1. The average Bonchev–Trinajstić information content (AvgIpc) is 3.08. The van der Waals surface area contributed by atoms with Crippen LogP contribution in [-0.4, -0.2) is 12.0 Å². The van der Waals surface area contributed by atoms with Gasteiger partial charge in [-0.15, -0.1) is 11.3 Å². The highest BCUT2D eigenvalue weighted by molar-refractivity contribution is 7.15. The lowest BCUT2D eigenvalue weighted by molar-refractivity contribution is -0.137. The topological polar surface area (TPSA) is 71.9 Å². The first kappa shape index (κ1) is 22.3. The smallest absolute Gasteiger partial charge is 0.416 e. The van der Waals surface area contributed by atoms with Crippen molar-refractivity contribution in [2.75, 3.05) is 7.05 Å². The van der Waals surface area contributed by atoms with Crippen LogP contribution in [0.25, 0.3) is 10.6 Å². The summed E-state index contributed by atoms with van der Waals surface area (Å²) in [6, 6.07) is 10.5. The van der Waals surface area contributed by atoms with E-state index >= 15 is 0 Å². The largest absolute Gasteiger partial charge is 0.488 e. The number of halogens is 4. The predicted octanol–water partition coefficient (Wildman–Crippen LogP) is 5.30. The van der Waals surface area contributed by atoms with E-state index in [1.54, 1.807) is 13.0 Å². The van der Waals surface area contributed by atoms with E-state index < -0.39 is 17.6 Å². The molecule has 0 aliphatic rings. The third kappa shape index (κ3) is 5.53. The van der Waals surface area contributed by atoms with Gasteiger partial charge in [-0.25, -0.2) is 9.37 Å². The fourth-order valence-corrected chi connectivity index (χ4v) is 3.29. The number of nitrogens with zero attached hydrogens (tertiary/aromatic N) is 2. The van der Waals surface area contributed by atoms with Crippen molar-refractivity contribution in [1.82, 2.24) is 4.98 Å². The Morgan fingerprint density at radius 2 is 1.79 bits per heavy atom. The molecule has 3 aromatic rings. The number of alkyl halides is 3. The van der Waals surface area contributed by atoms with Gasteiger partial charge in [-0.1, -0.05) is 12.1 Å². The lowest BCUT2D eigenvalue weighted by Gasteiger charge is -2.06. The van der Waals surface area contributed by atoms with Crippen molar-refractivity contribution < 1.29 is 22.3 Å². The summed E-state index contributed by atoms with van der Waals surface area (Å²) in [6.07, 6.45) is -4.38. The van der Waals surface area contributed by atoms with Crippen molar-refractivity contribution in [1.29, 1.82) is 5.26 Å². The highest BCUT2D eigenvalue weighted by atomic mass is 32.1. The summed E-state index contributed by atoms with van der Waals surface area (Å²) in [7, 11) is 1.50. The maximum atomic E-state index is 13.6. The molecule has 0 bridgehead atoms. The first-order valence-corrected chi connectivity index (χ1v) is 9.13. The van der Waals surface area contributed by atoms with Crippen molar-refractivity contribution in [3.8, 4) is 22.4 Å². The third-order valence-corrected chi connectivity index (χ3v) is 4.96. The summed E-state index contributed by atoms with van der Waals surface area (Å²) in [6.45, 7) is 1.90. The van der Waals surface area contributed by atoms with Gasteiger partial charge in [0.05, 0.1) is 21.7 Å². The highest BCUT2D eigenvalue weighted by Crippen LogP contribution is 2.33. The first-order chi connectivity index (χ1) is 13.8. The molecule has 2 N–H and O–H groups in total. The van der Waals surface area contributed by atoms with Crippen molar-refractivity contribution in [3.05, 3.63) is 70.0 Å². The Bertz CT molecular complexity index is 1010. The highest BCUT2D eigenvalue weighted by Gasteiger charge is 2.30. The maximum absolute atomic E-state index is 13.6. The number of ether oxygens (including phenoxy) is 1. The molecule has 9 heteroatoms. The molecule has 0 saturated carbocycles. The van der Waals surface area contributed by atoms with Gasteiger partial charge in [-0.3, -0.25) is 0 Å². The summed E-state index contributed by atoms with van der Waals surface area (Å²) in [5.41, 5.74) is 4.97. The minimum absolute atomic E-state index is 0.0686. The predicted molar refractivity (Wildman–Crippen MR) is 103 cm³/mol. The van der Waals surface area contributed by atoms with Crippen LogP contribution in [0, 0.1) is 24.1 Å². The minimum Gasteiger partial charge on any atom is -0.488 e. The maximum Gasteiger partial charge on any atom is 0.416 e. The summed E-state index contributed by atoms with van der Waals surface area (Å²) in [5, 5.41) is 9.30. The van der Waals surface area contributed by atoms with Crippen LogP contribution in [0.5, 0.6) is 5.75 Å². The quantitative estimate of drug-likeness (QED) is 0.578. The van der Waals surface area contributed by atoms with E-state index in [1.807, 2.05) is 0 Å². The second-order valence-electron chi connectivity index (χ2n) is 5.64. The second kappa shape index (κ2) is 9.49. The number of rotatable bonds is 4. The molecule has 0 atom stereocenters. The molecule has 0 saturated heterocycles. The molecule has 0 unspecified atom stereocenters. The van der Waals surface area contributed by atoms with Gasteiger partial charge in [-0.2, -0.15) is 18.4 Å². The normalized spacial score (nSPS) is 10.7. The van der Waals surface area contributed by atoms with E-state index in [4.69, 9.17) is 10.00 Å². The monoisotopic (exact) mass is 423 g/mol. The van der Waals surface area contributed by atoms with Crippen molar-refractivity contribution >= 4 is 11.3 Å². The van der Waals surface area contributed by atoms with Crippen LogP contribution in [-0.2, 0) is 12.8 Å². The minimum atomic E-state index is -4.38. The number of aryl methyl sites for hydroxylation is 1. The number of nitrogens with two attached hydrogens (primary N) is 1. The van der Waals surface area contributed by atoms with Gasteiger partial charge < -0.3 is 10.5 Å². The summed E-state index contributed by atoms with van der Waals surface area (Å²) in [5.74, 6) is -0.392. The number of benzene rings is 2. The van der Waals surface area contributed by atoms with Gasteiger partial charge >= 0.3 is 6.18 Å². The van der Waals surface area contributed by atoms with E-state index in [9.17, 15) is 17.6 Å². The summed E-state index contributed by atoms with van der Waals surface area (Å²) < 4.78 is 57.1. The molecule has 0 aliphatic heterocycles. The Labute approximate surface area is 169 Å². The van der Waals surface area contributed by atoms with Gasteiger partial charge in [0.2, 0.25) is 0 Å². The van der Waals surface area contributed by atoms with Crippen LogP contribution in [0.1, 0.15) is 21.7 Å². The molecule has 152 valence electrons. The zero-order valence-electron chi connectivity index (χ0n) is 15.5. The number of hydrogen-bond donors (Lipinski definition) is 1. The lowest BCUT2D eigenvalue weighted by Crippen LogP contribution is -2.03. The molecular formula is C20H17F4N3OS. The van der Waals surface area contributed by atoms with Gasteiger partial charge in [0.15, 0.2) is 0 Å². The molecule has 3 rings (SSSR count). The van der Waals surface area contributed by atoms with E-state index in [-0.39, 0.29) is 17.9 Å². The van der Waals surface area contributed by atoms with Gasteiger partial charge in [-0.05, 0) is 38.2 Å². The molecule has 4 nitrogen and oxygen atoms in total. The molecule has 29 heavy (non-hydrogen) atoms. The molecule has 2 aromatic carbocycles. The van der Waals surface area contributed by atoms with Crippen molar-refractivity contribution in [2.24, 2.45) is 5.73 Å². The van der Waals surface area contributed by atoms with Crippen molar-refractivity contribution in [3.63, 3.8) is 0 Å². The molecular weight excluding hydrogens is 406 g/mol. The number of thiazole rings is 1. The Balaban J connectivity index is 0.00000145. The Morgan fingerprint density at radius 3 is 2.34 bits per heavy atom. The Kier molecular flexibility index (Phi) is 7.31. The molecule has 0 amide bonds. The van der Waals surface area contributed by atoms with Crippen LogP contribution in [0.3, 0.4) is 0 Å². The molecule has 1 heterocycles. The zero-order chi connectivity index (χ0) is 21.6. The average molecular weight is 423 g/mol. The Hall–Kier alpha value is -2.96. The lowest BCUT2D eigenvalue weighted by atomic mass is 10.1. The first-order valence-electron chi connectivity index (χ1n) is 8.32. The van der Waals surface area contributed by atoms with Crippen LogP contribution >= 0.6 is 11.3 Å². The fourth-order valence-electron chi connectivity index (χ4n) is 2.31. The van der Waals surface area contributed by atoms with Crippen molar-refractivity contribution in [2.45, 2.75) is 19.7 Å². The van der Waals surface area contributed by atoms with E-state index in [2.05, 4.69) is 10.7 Å². The van der Waals surface area contributed by atoms with E-state index in [0.29, 0.717) is 16.3 Å². The zero-order valence-corrected chi connectivity index (χ0v) is 16.4. The molecule has 0 spiro atoms. The fraction of sp³-hybridized carbons (Fsp3) is 0.200. The second-order valence-corrected chi connectivity index (χ2v) is 6.73. The summed E-state index contributed by atoms with van der Waals surface area (Å²) >= 11 is 1.29. The van der Waals surface area contributed by atoms with Crippen LogP contribution in [0.2, 0.25) is 0 Å². The molecule has 1 aromatic heterocycles. The molecule has 0 aliphatic carbocycles. The third-order valence-electron chi connectivity index (χ3n) is 3.78. The molecule has 0 radical (unpaired) electrons. The standard InChI is InChI=1S/C19H12F4N2OS.CH5N/c1-11-17(10-26-15-7-4-13(9-24)16(20)8-15)27-18(25-11)12-2-5-14(6-3-12)19(21,22)23;1-2/h2-8H,10H2,1H3;2H2,1H3. The number of aromatic nitrogens is 1. The van der Waals surface area contributed by atoms with Gasteiger partial charge in [0.25, 0.3) is 0 Å². The number of hydrogen-bond acceptors (Lipinski definition) is 5. The van der Waals surface area contributed by atoms with E-state index in [1.165, 1.54) is 42.6 Å².